The van der Waals surface area contributed by atoms with Crippen LogP contribution in [0.25, 0.3) is 0 Å². The summed E-state index contributed by atoms with van der Waals surface area (Å²) in [4.78, 5) is 25.7. The molecule has 7 heteroatoms. The highest BCUT2D eigenvalue weighted by Crippen LogP contribution is 2.26. The molecule has 2 heterocycles. The Hall–Kier alpha value is -2.20. The number of nitrogens with zero attached hydrogens (tertiary/aromatic N) is 2. The van der Waals surface area contributed by atoms with Gasteiger partial charge in [-0.3, -0.25) is 0 Å². The van der Waals surface area contributed by atoms with Crippen LogP contribution in [0, 0.1) is 11.8 Å². The van der Waals surface area contributed by atoms with Crippen LogP contribution < -0.4 is 0 Å². The molecule has 0 radical (unpaired) electrons. The molecule has 1 fully saturated rings. The SMILES string of the molecule is COC1(C#CC2=CCN(C(=O)O)CC2)CN(C(=O)OC(C)(C)C)C1. The van der Waals surface area contributed by atoms with E-state index in [1.807, 2.05) is 26.8 Å². The second-order valence-corrected chi connectivity index (χ2v) is 6.99. The number of ether oxygens (including phenoxy) is 2. The summed E-state index contributed by atoms with van der Waals surface area (Å²) in [6, 6.07) is 0. The van der Waals surface area contributed by atoms with E-state index in [2.05, 4.69) is 11.8 Å². The molecule has 1 N–H and O–H groups in total. The molecule has 2 rings (SSSR count). The first-order valence-corrected chi connectivity index (χ1v) is 7.87. The van der Waals surface area contributed by atoms with Crippen molar-refractivity contribution in [2.45, 2.75) is 38.4 Å². The third-order valence-corrected chi connectivity index (χ3v) is 3.87. The van der Waals surface area contributed by atoms with Crippen LogP contribution in [0.4, 0.5) is 9.59 Å². The number of hydrogen-bond acceptors (Lipinski definition) is 4. The summed E-state index contributed by atoms with van der Waals surface area (Å²) in [5.74, 6) is 6.16. The molecular weight excluding hydrogens is 312 g/mol. The second kappa shape index (κ2) is 6.73. The minimum absolute atomic E-state index is 0.351. The highest BCUT2D eigenvalue weighted by molar-refractivity contribution is 5.70. The Morgan fingerprint density at radius 1 is 1.29 bits per heavy atom. The van der Waals surface area contributed by atoms with Gasteiger partial charge in [0.1, 0.15) is 5.60 Å². The third kappa shape index (κ3) is 4.42. The molecule has 132 valence electrons. The molecule has 0 aromatic rings. The van der Waals surface area contributed by atoms with E-state index in [9.17, 15) is 9.59 Å². The van der Waals surface area contributed by atoms with Gasteiger partial charge in [0.2, 0.25) is 0 Å². The van der Waals surface area contributed by atoms with Crippen molar-refractivity contribution in [3.63, 3.8) is 0 Å². The van der Waals surface area contributed by atoms with Crippen molar-refractivity contribution in [2.75, 3.05) is 33.3 Å². The van der Waals surface area contributed by atoms with Crippen LogP contribution in [0.1, 0.15) is 27.2 Å². The monoisotopic (exact) mass is 336 g/mol. The lowest BCUT2D eigenvalue weighted by atomic mass is 9.94. The van der Waals surface area contributed by atoms with E-state index in [0.29, 0.717) is 32.6 Å². The third-order valence-electron chi connectivity index (χ3n) is 3.87. The standard InChI is InChI=1S/C17H24N2O5/c1-16(2,3)24-15(22)19-11-17(12-19,23-4)8-5-13-6-9-18(10-7-13)14(20)21/h6H,7,9-12H2,1-4H3,(H,20,21). The summed E-state index contributed by atoms with van der Waals surface area (Å²) in [5.41, 5.74) is -0.307. The molecule has 1 saturated heterocycles. The van der Waals surface area contributed by atoms with Crippen LogP contribution in [0.15, 0.2) is 11.6 Å². The zero-order valence-corrected chi connectivity index (χ0v) is 14.6. The summed E-state index contributed by atoms with van der Waals surface area (Å²) >= 11 is 0. The van der Waals surface area contributed by atoms with Crippen molar-refractivity contribution in [3.8, 4) is 11.8 Å². The molecular formula is C17H24N2O5. The summed E-state index contributed by atoms with van der Waals surface area (Å²) in [7, 11) is 1.57. The maximum absolute atomic E-state index is 12.0. The highest BCUT2D eigenvalue weighted by Gasteiger charge is 2.46. The molecule has 0 saturated carbocycles. The molecule has 7 nitrogen and oxygen atoms in total. The van der Waals surface area contributed by atoms with Crippen LogP contribution >= 0.6 is 0 Å². The second-order valence-electron chi connectivity index (χ2n) is 6.99. The first kappa shape index (κ1) is 18.1. The maximum Gasteiger partial charge on any atom is 0.410 e. The lowest BCUT2D eigenvalue weighted by molar-refractivity contribution is -0.0851. The number of carbonyl (C=O) groups excluding carboxylic acids is 1. The van der Waals surface area contributed by atoms with E-state index < -0.39 is 17.3 Å². The van der Waals surface area contributed by atoms with E-state index >= 15 is 0 Å². The van der Waals surface area contributed by atoms with Gasteiger partial charge in [0.25, 0.3) is 0 Å². The number of amides is 2. The predicted octanol–water partition coefficient (Wildman–Crippen LogP) is 1.94. The van der Waals surface area contributed by atoms with Gasteiger partial charge in [-0.2, -0.15) is 0 Å². The van der Waals surface area contributed by atoms with Gasteiger partial charge < -0.3 is 24.4 Å². The fourth-order valence-corrected chi connectivity index (χ4v) is 2.44. The van der Waals surface area contributed by atoms with E-state index in [1.165, 1.54) is 4.90 Å². The molecule has 0 bridgehead atoms. The van der Waals surface area contributed by atoms with E-state index in [1.54, 1.807) is 12.0 Å². The number of rotatable bonds is 1. The Morgan fingerprint density at radius 3 is 2.42 bits per heavy atom. The van der Waals surface area contributed by atoms with Gasteiger partial charge in [-0.25, -0.2) is 9.59 Å². The van der Waals surface area contributed by atoms with Crippen LogP contribution in [0.5, 0.6) is 0 Å². The van der Waals surface area contributed by atoms with E-state index in [-0.39, 0.29) is 6.09 Å². The smallest absolute Gasteiger partial charge is 0.410 e. The van der Waals surface area contributed by atoms with Crippen molar-refractivity contribution >= 4 is 12.2 Å². The predicted molar refractivity (Wildman–Crippen MR) is 87.6 cm³/mol. The molecule has 2 aliphatic rings. The summed E-state index contributed by atoms with van der Waals surface area (Å²) in [6.45, 7) is 6.99. The van der Waals surface area contributed by atoms with Crippen molar-refractivity contribution in [2.24, 2.45) is 0 Å². The molecule has 0 aromatic heterocycles. The number of hydrogen-bond donors (Lipinski definition) is 1. The van der Waals surface area contributed by atoms with Gasteiger partial charge in [0.05, 0.1) is 13.1 Å². The minimum atomic E-state index is -0.918. The van der Waals surface area contributed by atoms with Crippen molar-refractivity contribution in [1.29, 1.82) is 0 Å². The molecule has 0 unspecified atom stereocenters. The summed E-state index contributed by atoms with van der Waals surface area (Å²) in [6.07, 6.45) is 1.12. The largest absolute Gasteiger partial charge is 0.465 e. The van der Waals surface area contributed by atoms with Gasteiger partial charge in [0, 0.05) is 25.8 Å². The maximum atomic E-state index is 12.0. The molecule has 0 aromatic carbocycles. The van der Waals surface area contributed by atoms with Gasteiger partial charge in [-0.05, 0) is 27.2 Å². The van der Waals surface area contributed by atoms with Crippen LogP contribution in [-0.4, -0.2) is 71.6 Å². The number of carboxylic acid groups (broad SMARTS) is 1. The van der Waals surface area contributed by atoms with Crippen LogP contribution in [0.3, 0.4) is 0 Å². The molecule has 24 heavy (non-hydrogen) atoms. The van der Waals surface area contributed by atoms with Crippen LogP contribution in [-0.2, 0) is 9.47 Å². The van der Waals surface area contributed by atoms with E-state index in [0.717, 1.165) is 5.57 Å². The van der Waals surface area contributed by atoms with Gasteiger partial charge in [0.15, 0.2) is 5.60 Å². The average molecular weight is 336 g/mol. The summed E-state index contributed by atoms with van der Waals surface area (Å²) in [5, 5.41) is 8.92. The van der Waals surface area contributed by atoms with Crippen molar-refractivity contribution in [3.05, 3.63) is 11.6 Å². The molecule has 2 amide bonds. The molecule has 0 atom stereocenters. The first-order valence-electron chi connectivity index (χ1n) is 7.87. The van der Waals surface area contributed by atoms with E-state index in [4.69, 9.17) is 14.6 Å². The summed E-state index contributed by atoms with van der Waals surface area (Å²) < 4.78 is 10.8. The fraction of sp³-hybridized carbons (Fsp3) is 0.647. The Balaban J connectivity index is 1.93. The molecule has 2 aliphatic heterocycles. The molecule has 0 spiro atoms. The number of methoxy groups -OCH3 is 1. The van der Waals surface area contributed by atoms with Gasteiger partial charge >= 0.3 is 12.2 Å². The zero-order chi connectivity index (χ0) is 18.0. The topological polar surface area (TPSA) is 79.3 Å². The molecule has 0 aliphatic carbocycles. The quantitative estimate of drug-likeness (QED) is 0.740. The highest BCUT2D eigenvalue weighted by atomic mass is 16.6. The van der Waals surface area contributed by atoms with Gasteiger partial charge in [-0.15, -0.1) is 0 Å². The first-order chi connectivity index (χ1) is 11.1. The normalized spacial score (nSPS) is 19.6. The van der Waals surface area contributed by atoms with Crippen molar-refractivity contribution < 1.29 is 24.2 Å². The Kier molecular flexibility index (Phi) is 5.09. The average Bonchev–Trinajstić information content (AvgIpc) is 2.45. The zero-order valence-electron chi connectivity index (χ0n) is 14.6. The lowest BCUT2D eigenvalue weighted by Crippen LogP contribution is -2.64. The minimum Gasteiger partial charge on any atom is -0.465 e. The van der Waals surface area contributed by atoms with Crippen molar-refractivity contribution in [1.82, 2.24) is 9.80 Å². The Bertz CT molecular complexity index is 603. The lowest BCUT2D eigenvalue weighted by Gasteiger charge is -2.45. The fourth-order valence-electron chi connectivity index (χ4n) is 2.44. The van der Waals surface area contributed by atoms with Gasteiger partial charge in [-0.1, -0.05) is 17.9 Å². The number of carbonyl (C=O) groups is 2. The Labute approximate surface area is 142 Å². The Morgan fingerprint density at radius 2 is 1.96 bits per heavy atom. The number of likely N-dealkylation sites (tertiary alicyclic amines) is 1. The van der Waals surface area contributed by atoms with Crippen LogP contribution in [0.2, 0.25) is 0 Å².